The van der Waals surface area contributed by atoms with E-state index < -0.39 is 5.97 Å². The SMILES string of the molecule is Cn1c(C(=O)N(CCC(=O)O)C2CCOCC2)cc(Cl)c1Cl. The number of hydrogen-bond donors (Lipinski definition) is 1. The molecule has 1 aromatic heterocycles. The highest BCUT2D eigenvalue weighted by molar-refractivity contribution is 6.41. The third kappa shape index (κ3) is 3.74. The molecule has 0 unspecified atom stereocenters. The fourth-order valence-electron chi connectivity index (χ4n) is 2.56. The smallest absolute Gasteiger partial charge is 0.305 e. The summed E-state index contributed by atoms with van der Waals surface area (Å²) in [5, 5.41) is 9.50. The Kier molecular flexibility index (Phi) is 5.72. The predicted molar refractivity (Wildman–Crippen MR) is 82.6 cm³/mol. The van der Waals surface area contributed by atoms with Crippen LogP contribution in [0.1, 0.15) is 29.8 Å². The number of aliphatic carboxylic acids is 1. The van der Waals surface area contributed by atoms with Crippen LogP contribution < -0.4 is 0 Å². The second-order valence-corrected chi connectivity index (χ2v) is 5.98. The third-order valence-electron chi connectivity index (χ3n) is 3.79. The maximum absolute atomic E-state index is 12.8. The Hall–Kier alpha value is -1.24. The summed E-state index contributed by atoms with van der Waals surface area (Å²) in [6, 6.07) is 1.48. The number of nitrogens with zero attached hydrogens (tertiary/aromatic N) is 2. The van der Waals surface area contributed by atoms with Crippen LogP contribution in [0.3, 0.4) is 0 Å². The van der Waals surface area contributed by atoms with Crippen molar-refractivity contribution in [2.75, 3.05) is 19.8 Å². The molecule has 1 aliphatic rings. The molecule has 0 saturated carbocycles. The van der Waals surface area contributed by atoms with Gasteiger partial charge < -0.3 is 19.3 Å². The maximum atomic E-state index is 12.8. The number of hydrogen-bond acceptors (Lipinski definition) is 3. The van der Waals surface area contributed by atoms with Crippen molar-refractivity contribution in [3.8, 4) is 0 Å². The number of aromatic nitrogens is 1. The zero-order valence-electron chi connectivity index (χ0n) is 12.2. The molecule has 2 rings (SSSR count). The molecule has 0 radical (unpaired) electrons. The summed E-state index contributed by atoms with van der Waals surface area (Å²) in [7, 11) is 1.65. The van der Waals surface area contributed by atoms with Crippen LogP contribution in [-0.2, 0) is 16.6 Å². The van der Waals surface area contributed by atoms with Crippen molar-refractivity contribution in [3.63, 3.8) is 0 Å². The Morgan fingerprint density at radius 3 is 2.55 bits per heavy atom. The van der Waals surface area contributed by atoms with E-state index in [-0.39, 0.29) is 30.1 Å². The molecule has 1 fully saturated rings. The Morgan fingerprint density at radius 2 is 2.05 bits per heavy atom. The molecule has 0 atom stereocenters. The van der Waals surface area contributed by atoms with Gasteiger partial charge in [0.05, 0.1) is 11.4 Å². The van der Waals surface area contributed by atoms with Gasteiger partial charge in [0.15, 0.2) is 0 Å². The van der Waals surface area contributed by atoms with Crippen molar-refractivity contribution in [1.82, 2.24) is 9.47 Å². The molecule has 0 aliphatic carbocycles. The van der Waals surface area contributed by atoms with Crippen LogP contribution in [-0.4, -0.2) is 52.3 Å². The minimum Gasteiger partial charge on any atom is -0.481 e. The highest BCUT2D eigenvalue weighted by atomic mass is 35.5. The van der Waals surface area contributed by atoms with E-state index in [1.54, 1.807) is 11.9 Å². The van der Waals surface area contributed by atoms with E-state index in [9.17, 15) is 9.59 Å². The van der Waals surface area contributed by atoms with E-state index in [1.165, 1.54) is 10.6 Å². The van der Waals surface area contributed by atoms with E-state index in [2.05, 4.69) is 0 Å². The van der Waals surface area contributed by atoms with Gasteiger partial charge in [0.1, 0.15) is 10.8 Å². The summed E-state index contributed by atoms with van der Waals surface area (Å²) in [5.74, 6) is -1.20. The molecule has 0 aromatic carbocycles. The molecule has 22 heavy (non-hydrogen) atoms. The average Bonchev–Trinajstić information content (AvgIpc) is 2.75. The molecular formula is C14H18Cl2N2O4. The molecule has 2 heterocycles. The van der Waals surface area contributed by atoms with Gasteiger partial charge in [-0.3, -0.25) is 9.59 Å². The van der Waals surface area contributed by atoms with Crippen molar-refractivity contribution in [1.29, 1.82) is 0 Å². The maximum Gasteiger partial charge on any atom is 0.305 e. The fraction of sp³-hybridized carbons (Fsp3) is 0.571. The highest BCUT2D eigenvalue weighted by Crippen LogP contribution is 2.27. The van der Waals surface area contributed by atoms with Gasteiger partial charge >= 0.3 is 5.97 Å². The molecule has 0 spiro atoms. The minimum absolute atomic E-state index is 0.0342. The van der Waals surface area contributed by atoms with Crippen molar-refractivity contribution in [2.45, 2.75) is 25.3 Å². The zero-order valence-corrected chi connectivity index (χ0v) is 13.7. The highest BCUT2D eigenvalue weighted by Gasteiger charge is 2.29. The molecule has 8 heteroatoms. The van der Waals surface area contributed by atoms with Crippen LogP contribution in [0.5, 0.6) is 0 Å². The molecular weight excluding hydrogens is 331 g/mol. The first-order valence-electron chi connectivity index (χ1n) is 7.03. The van der Waals surface area contributed by atoms with Crippen molar-refractivity contribution in [3.05, 3.63) is 21.9 Å². The first-order valence-corrected chi connectivity index (χ1v) is 7.78. The number of rotatable bonds is 5. The lowest BCUT2D eigenvalue weighted by Crippen LogP contribution is -2.45. The van der Waals surface area contributed by atoms with E-state index in [0.717, 1.165) is 0 Å². The third-order valence-corrected chi connectivity index (χ3v) is 4.64. The molecule has 122 valence electrons. The number of amides is 1. The Labute approximate surface area is 138 Å². The Morgan fingerprint density at radius 1 is 1.41 bits per heavy atom. The number of carbonyl (C=O) groups excluding carboxylic acids is 1. The standard InChI is InChI=1S/C14H18Cl2N2O4/c1-17-11(8-10(15)13(17)16)14(21)18(5-2-12(19)20)9-3-6-22-7-4-9/h8-9H,2-7H2,1H3,(H,19,20). The van der Waals surface area contributed by atoms with Gasteiger partial charge in [-0.1, -0.05) is 23.2 Å². The quantitative estimate of drug-likeness (QED) is 0.886. The number of carbonyl (C=O) groups is 2. The summed E-state index contributed by atoms with van der Waals surface area (Å²) in [5.41, 5.74) is 0.354. The van der Waals surface area contributed by atoms with Crippen LogP contribution >= 0.6 is 23.2 Å². The number of carboxylic acid groups (broad SMARTS) is 1. The lowest BCUT2D eigenvalue weighted by atomic mass is 10.1. The normalized spacial score (nSPS) is 15.8. The zero-order chi connectivity index (χ0) is 16.3. The lowest BCUT2D eigenvalue weighted by molar-refractivity contribution is -0.137. The molecule has 1 N–H and O–H groups in total. The first-order chi connectivity index (χ1) is 10.4. The van der Waals surface area contributed by atoms with Gasteiger partial charge in [0, 0.05) is 32.8 Å². The van der Waals surface area contributed by atoms with Crippen LogP contribution in [0.25, 0.3) is 0 Å². The van der Waals surface area contributed by atoms with Crippen molar-refractivity contribution >= 4 is 35.1 Å². The number of carboxylic acids is 1. The van der Waals surface area contributed by atoms with Crippen molar-refractivity contribution < 1.29 is 19.4 Å². The van der Waals surface area contributed by atoms with Gasteiger partial charge in [0.2, 0.25) is 0 Å². The summed E-state index contributed by atoms with van der Waals surface area (Å²) < 4.78 is 6.82. The van der Waals surface area contributed by atoms with Gasteiger partial charge in [-0.15, -0.1) is 0 Å². The van der Waals surface area contributed by atoms with E-state index >= 15 is 0 Å². The van der Waals surface area contributed by atoms with Gasteiger partial charge in [-0.25, -0.2) is 0 Å². The van der Waals surface area contributed by atoms with Crippen LogP contribution in [0.4, 0.5) is 0 Å². The topological polar surface area (TPSA) is 71.8 Å². The average molecular weight is 349 g/mol. The Balaban J connectivity index is 2.23. The molecule has 1 aromatic rings. The van der Waals surface area contributed by atoms with Crippen LogP contribution in [0.2, 0.25) is 10.2 Å². The second kappa shape index (κ2) is 7.35. The van der Waals surface area contributed by atoms with E-state index in [0.29, 0.717) is 36.8 Å². The van der Waals surface area contributed by atoms with Gasteiger partial charge in [0.25, 0.3) is 5.91 Å². The largest absolute Gasteiger partial charge is 0.481 e. The number of halogens is 2. The minimum atomic E-state index is -0.937. The van der Waals surface area contributed by atoms with Gasteiger partial charge in [-0.2, -0.15) is 0 Å². The van der Waals surface area contributed by atoms with Crippen LogP contribution in [0, 0.1) is 0 Å². The fourth-order valence-corrected chi connectivity index (χ4v) is 2.93. The molecule has 6 nitrogen and oxygen atoms in total. The van der Waals surface area contributed by atoms with Crippen molar-refractivity contribution in [2.24, 2.45) is 7.05 Å². The molecule has 1 saturated heterocycles. The predicted octanol–water partition coefficient (Wildman–Crippen LogP) is 2.43. The first kappa shape index (κ1) is 17.1. The van der Waals surface area contributed by atoms with E-state index in [1.807, 2.05) is 0 Å². The molecule has 1 aliphatic heterocycles. The Bertz CT molecular complexity index is 567. The lowest BCUT2D eigenvalue weighted by Gasteiger charge is -2.34. The monoisotopic (exact) mass is 348 g/mol. The van der Waals surface area contributed by atoms with Crippen LogP contribution in [0.15, 0.2) is 6.07 Å². The second-order valence-electron chi connectivity index (χ2n) is 5.21. The molecule has 0 bridgehead atoms. The summed E-state index contributed by atoms with van der Waals surface area (Å²) >= 11 is 12.0. The summed E-state index contributed by atoms with van der Waals surface area (Å²) in [6.45, 7) is 1.28. The van der Waals surface area contributed by atoms with Gasteiger partial charge in [-0.05, 0) is 18.9 Å². The summed E-state index contributed by atoms with van der Waals surface area (Å²) in [4.78, 5) is 25.3. The summed E-state index contributed by atoms with van der Waals surface area (Å²) in [6.07, 6.45) is 1.28. The molecule has 1 amide bonds. The number of ether oxygens (including phenoxy) is 1. The van der Waals surface area contributed by atoms with E-state index in [4.69, 9.17) is 33.0 Å².